The van der Waals surface area contributed by atoms with Crippen LogP contribution in [0.15, 0.2) is 6.20 Å². The van der Waals surface area contributed by atoms with Gasteiger partial charge >= 0.3 is 0 Å². The number of nitrogens with two attached hydrogens (primary N) is 1. The number of nitrogens with zero attached hydrogens (tertiary/aromatic N) is 2. The zero-order chi connectivity index (χ0) is 9.97. The van der Waals surface area contributed by atoms with Crippen LogP contribution in [0.5, 0.6) is 0 Å². The van der Waals surface area contributed by atoms with E-state index in [1.807, 2.05) is 6.20 Å². The van der Waals surface area contributed by atoms with E-state index in [1.165, 1.54) is 30.7 Å². The molecule has 2 N–H and O–H groups in total. The highest BCUT2D eigenvalue weighted by atomic mass is 32.1. The van der Waals surface area contributed by atoms with E-state index in [9.17, 15) is 0 Å². The Hall–Kier alpha value is -0.610. The van der Waals surface area contributed by atoms with Crippen LogP contribution >= 0.6 is 11.3 Å². The Bertz CT molecular complexity index is 293. The molecule has 0 bridgehead atoms. The zero-order valence-corrected chi connectivity index (χ0v) is 9.39. The standard InChI is InChI=1S/C10H17N3S/c1-13(6-8-3-2-4-8)7-9-5-12-10(11)14-9/h5,8H,2-4,6-7H2,1H3,(H2,11,12). The van der Waals surface area contributed by atoms with Crippen LogP contribution in [0, 0.1) is 5.92 Å². The highest BCUT2D eigenvalue weighted by Crippen LogP contribution is 2.27. The molecule has 1 aromatic rings. The second kappa shape index (κ2) is 4.28. The molecule has 1 fully saturated rings. The number of aromatic nitrogens is 1. The van der Waals surface area contributed by atoms with Crippen LogP contribution in [-0.2, 0) is 6.54 Å². The first-order valence-electron chi connectivity index (χ1n) is 5.13. The van der Waals surface area contributed by atoms with Crippen molar-refractivity contribution in [3.05, 3.63) is 11.1 Å². The van der Waals surface area contributed by atoms with Gasteiger partial charge in [-0.05, 0) is 25.8 Å². The molecule has 0 unspecified atom stereocenters. The minimum absolute atomic E-state index is 0.678. The summed E-state index contributed by atoms with van der Waals surface area (Å²) in [5.41, 5.74) is 5.58. The van der Waals surface area contributed by atoms with Crippen LogP contribution in [0.3, 0.4) is 0 Å². The summed E-state index contributed by atoms with van der Waals surface area (Å²) < 4.78 is 0. The van der Waals surface area contributed by atoms with Gasteiger partial charge < -0.3 is 10.6 Å². The molecule has 1 heterocycles. The van der Waals surface area contributed by atoms with E-state index in [1.54, 1.807) is 11.3 Å². The molecule has 4 heteroatoms. The SMILES string of the molecule is CN(Cc1cnc(N)s1)CC1CCC1. The van der Waals surface area contributed by atoms with Crippen molar-refractivity contribution in [3.63, 3.8) is 0 Å². The molecule has 14 heavy (non-hydrogen) atoms. The second-order valence-electron chi connectivity index (χ2n) is 4.16. The van der Waals surface area contributed by atoms with Gasteiger partial charge in [-0.25, -0.2) is 4.98 Å². The van der Waals surface area contributed by atoms with Crippen LogP contribution in [0.25, 0.3) is 0 Å². The Morgan fingerprint density at radius 3 is 2.93 bits per heavy atom. The molecule has 0 aliphatic heterocycles. The van der Waals surface area contributed by atoms with Gasteiger partial charge in [-0.15, -0.1) is 11.3 Å². The van der Waals surface area contributed by atoms with Gasteiger partial charge in [-0.3, -0.25) is 0 Å². The Morgan fingerprint density at radius 2 is 2.43 bits per heavy atom. The number of hydrogen-bond donors (Lipinski definition) is 1. The van der Waals surface area contributed by atoms with Crippen molar-refractivity contribution in [1.29, 1.82) is 0 Å². The normalized spacial score (nSPS) is 17.3. The molecule has 1 aromatic heterocycles. The lowest BCUT2D eigenvalue weighted by Crippen LogP contribution is -2.28. The summed E-state index contributed by atoms with van der Waals surface area (Å²) in [4.78, 5) is 7.69. The monoisotopic (exact) mass is 211 g/mol. The van der Waals surface area contributed by atoms with Crippen LogP contribution in [0.2, 0.25) is 0 Å². The van der Waals surface area contributed by atoms with Crippen molar-refractivity contribution in [2.75, 3.05) is 19.3 Å². The fourth-order valence-electron chi connectivity index (χ4n) is 1.84. The van der Waals surface area contributed by atoms with Gasteiger partial charge in [0.1, 0.15) is 0 Å². The molecular weight excluding hydrogens is 194 g/mol. The molecule has 2 rings (SSSR count). The van der Waals surface area contributed by atoms with Gasteiger partial charge in [0.15, 0.2) is 5.13 Å². The van der Waals surface area contributed by atoms with Crippen LogP contribution in [0.4, 0.5) is 5.13 Å². The molecule has 3 nitrogen and oxygen atoms in total. The number of hydrogen-bond acceptors (Lipinski definition) is 4. The van der Waals surface area contributed by atoms with Gasteiger partial charge in [0.25, 0.3) is 0 Å². The van der Waals surface area contributed by atoms with Gasteiger partial charge in [0.2, 0.25) is 0 Å². The molecule has 1 aliphatic rings. The predicted octanol–water partition coefficient (Wildman–Crippen LogP) is 1.96. The molecule has 0 aromatic carbocycles. The summed E-state index contributed by atoms with van der Waals surface area (Å²) in [6.45, 7) is 2.21. The van der Waals surface area contributed by atoms with Crippen molar-refractivity contribution in [1.82, 2.24) is 9.88 Å². The molecular formula is C10H17N3S. The van der Waals surface area contributed by atoms with E-state index < -0.39 is 0 Å². The molecule has 0 amide bonds. The third-order valence-electron chi connectivity index (χ3n) is 2.79. The molecule has 0 radical (unpaired) electrons. The highest BCUT2D eigenvalue weighted by molar-refractivity contribution is 7.15. The van der Waals surface area contributed by atoms with Crippen LogP contribution < -0.4 is 5.73 Å². The maximum absolute atomic E-state index is 5.58. The van der Waals surface area contributed by atoms with Gasteiger partial charge in [-0.2, -0.15) is 0 Å². The van der Waals surface area contributed by atoms with Crippen LogP contribution in [0.1, 0.15) is 24.1 Å². The van der Waals surface area contributed by atoms with Crippen molar-refractivity contribution < 1.29 is 0 Å². The minimum atomic E-state index is 0.678. The lowest BCUT2D eigenvalue weighted by atomic mass is 9.85. The van der Waals surface area contributed by atoms with Crippen molar-refractivity contribution in [3.8, 4) is 0 Å². The Labute approximate surface area is 88.9 Å². The summed E-state index contributed by atoms with van der Waals surface area (Å²) >= 11 is 1.59. The maximum atomic E-state index is 5.58. The third-order valence-corrected chi connectivity index (χ3v) is 3.60. The molecule has 1 aliphatic carbocycles. The quantitative estimate of drug-likeness (QED) is 0.827. The van der Waals surface area contributed by atoms with Gasteiger partial charge in [0, 0.05) is 24.2 Å². The molecule has 0 atom stereocenters. The molecule has 1 saturated carbocycles. The third kappa shape index (κ3) is 2.45. The van der Waals surface area contributed by atoms with E-state index in [4.69, 9.17) is 5.73 Å². The zero-order valence-electron chi connectivity index (χ0n) is 8.57. The van der Waals surface area contributed by atoms with E-state index in [0.717, 1.165) is 12.5 Å². The smallest absolute Gasteiger partial charge is 0.180 e. The van der Waals surface area contributed by atoms with E-state index in [0.29, 0.717) is 5.13 Å². The Morgan fingerprint density at radius 1 is 1.64 bits per heavy atom. The van der Waals surface area contributed by atoms with E-state index in [-0.39, 0.29) is 0 Å². The largest absolute Gasteiger partial charge is 0.375 e. The lowest BCUT2D eigenvalue weighted by Gasteiger charge is -2.29. The van der Waals surface area contributed by atoms with E-state index in [2.05, 4.69) is 16.9 Å². The first kappa shape index (κ1) is 9.93. The Balaban J connectivity index is 1.78. The predicted molar refractivity (Wildman–Crippen MR) is 60.2 cm³/mol. The summed E-state index contributed by atoms with van der Waals surface area (Å²) in [6.07, 6.45) is 6.13. The highest BCUT2D eigenvalue weighted by Gasteiger charge is 2.19. The van der Waals surface area contributed by atoms with Crippen molar-refractivity contribution >= 4 is 16.5 Å². The van der Waals surface area contributed by atoms with Gasteiger partial charge in [-0.1, -0.05) is 6.42 Å². The van der Waals surface area contributed by atoms with Crippen molar-refractivity contribution in [2.45, 2.75) is 25.8 Å². The topological polar surface area (TPSA) is 42.2 Å². The summed E-state index contributed by atoms with van der Waals surface area (Å²) in [7, 11) is 2.17. The second-order valence-corrected chi connectivity index (χ2v) is 5.31. The average Bonchev–Trinajstić information content (AvgIpc) is 2.44. The fourth-order valence-corrected chi connectivity index (χ4v) is 2.61. The molecule has 0 saturated heterocycles. The van der Waals surface area contributed by atoms with E-state index >= 15 is 0 Å². The summed E-state index contributed by atoms with van der Waals surface area (Å²) in [5.74, 6) is 0.935. The minimum Gasteiger partial charge on any atom is -0.375 e. The number of anilines is 1. The maximum Gasteiger partial charge on any atom is 0.180 e. The first-order valence-corrected chi connectivity index (χ1v) is 5.94. The summed E-state index contributed by atoms with van der Waals surface area (Å²) in [5, 5.41) is 0.678. The van der Waals surface area contributed by atoms with Gasteiger partial charge in [0.05, 0.1) is 0 Å². The fraction of sp³-hybridized carbons (Fsp3) is 0.700. The lowest BCUT2D eigenvalue weighted by molar-refractivity contribution is 0.201. The van der Waals surface area contributed by atoms with Crippen molar-refractivity contribution in [2.24, 2.45) is 5.92 Å². The first-order chi connectivity index (χ1) is 6.74. The summed E-state index contributed by atoms with van der Waals surface area (Å²) in [6, 6.07) is 0. The number of rotatable bonds is 4. The van der Waals surface area contributed by atoms with Crippen LogP contribution in [-0.4, -0.2) is 23.5 Å². The average molecular weight is 211 g/mol. The molecule has 78 valence electrons. The number of nitrogen functional groups attached to an aromatic ring is 1. The Kier molecular flexibility index (Phi) is 3.03. The molecule has 0 spiro atoms. The number of thiazole rings is 1.